The lowest BCUT2D eigenvalue weighted by molar-refractivity contribution is 0.0449. The summed E-state index contributed by atoms with van der Waals surface area (Å²) in [6.45, 7) is 8.29. The molecular formula is C41H42N6O4. The molecule has 1 N–H and O–H groups in total. The van der Waals surface area contributed by atoms with Gasteiger partial charge >= 0.3 is 5.97 Å². The number of carbonyl (C=O) groups excluding carboxylic acids is 1. The van der Waals surface area contributed by atoms with Gasteiger partial charge in [0.05, 0.1) is 91.5 Å². The second-order valence-electron chi connectivity index (χ2n) is 12.8. The van der Waals surface area contributed by atoms with Crippen molar-refractivity contribution < 1.29 is 19.4 Å². The number of aromatic nitrogens is 6. The van der Waals surface area contributed by atoms with Gasteiger partial charge in [0.1, 0.15) is 0 Å². The van der Waals surface area contributed by atoms with E-state index in [-0.39, 0.29) is 18.5 Å². The van der Waals surface area contributed by atoms with Gasteiger partial charge in [0.2, 0.25) is 0 Å². The van der Waals surface area contributed by atoms with Crippen molar-refractivity contribution in [3.8, 4) is 0 Å². The van der Waals surface area contributed by atoms with E-state index in [0.717, 1.165) is 50.0 Å². The fourth-order valence-corrected chi connectivity index (χ4v) is 5.63. The standard InChI is InChI=1S/C27H29N3O3.C14H13N3O/c1-19(2)15-33-27(31)26-20(3)7-6-9-22(26)16-32-17-24-14-30(18-28-24)13-23-12-11-21-8-4-5-10-25(21)29-23;18-9-13-8-17(10-15-13)7-12-6-5-11-3-1-2-4-14(11)16-12/h4-12,14,18-19H,13,15-17H2,1-3H3;1-6,8,10,18H,7,9H2. The number of carbonyl (C=O) groups is 1. The normalized spacial score (nSPS) is 11.2. The van der Waals surface area contributed by atoms with E-state index in [1.165, 1.54) is 0 Å². The van der Waals surface area contributed by atoms with Crippen molar-refractivity contribution in [2.24, 2.45) is 5.92 Å². The first-order chi connectivity index (χ1) is 24.8. The zero-order valence-corrected chi connectivity index (χ0v) is 29.1. The van der Waals surface area contributed by atoms with Crippen LogP contribution >= 0.6 is 0 Å². The maximum absolute atomic E-state index is 12.6. The fraction of sp³-hybridized carbons (Fsp3) is 0.244. The number of imidazole rings is 2. The highest BCUT2D eigenvalue weighted by Crippen LogP contribution is 2.19. The van der Waals surface area contributed by atoms with Crippen LogP contribution in [0.4, 0.5) is 0 Å². The van der Waals surface area contributed by atoms with Crippen LogP contribution in [0.1, 0.15) is 58.1 Å². The summed E-state index contributed by atoms with van der Waals surface area (Å²) in [5.41, 5.74) is 7.74. The number of hydrogen-bond donors (Lipinski definition) is 1. The molecule has 0 saturated carbocycles. The van der Waals surface area contributed by atoms with Crippen LogP contribution in [-0.4, -0.2) is 46.8 Å². The highest BCUT2D eigenvalue weighted by molar-refractivity contribution is 5.92. The topological polar surface area (TPSA) is 117 Å². The van der Waals surface area contributed by atoms with Gasteiger partial charge in [0.15, 0.2) is 0 Å². The molecule has 3 aromatic carbocycles. The van der Waals surface area contributed by atoms with Gasteiger partial charge in [-0.1, -0.05) is 80.6 Å². The summed E-state index contributed by atoms with van der Waals surface area (Å²) in [5, 5.41) is 11.2. The number of nitrogens with zero attached hydrogens (tertiary/aromatic N) is 6. The summed E-state index contributed by atoms with van der Waals surface area (Å²) in [7, 11) is 0. The van der Waals surface area contributed by atoms with Crippen LogP contribution in [-0.2, 0) is 42.4 Å². The molecule has 4 heterocycles. The minimum absolute atomic E-state index is 0.0296. The molecular weight excluding hydrogens is 640 g/mol. The number of ether oxygens (including phenoxy) is 2. The smallest absolute Gasteiger partial charge is 0.338 e. The van der Waals surface area contributed by atoms with Crippen LogP contribution < -0.4 is 0 Å². The Bertz CT molecular complexity index is 2220. The number of hydrogen-bond acceptors (Lipinski definition) is 8. The lowest BCUT2D eigenvalue weighted by Crippen LogP contribution is -2.14. The number of aliphatic hydroxyl groups is 1. The van der Waals surface area contributed by atoms with Gasteiger partial charge in [-0.15, -0.1) is 0 Å². The monoisotopic (exact) mass is 682 g/mol. The SMILES string of the molecule is Cc1cccc(COCc2cn(Cc3ccc4ccccc4n3)cn2)c1C(=O)OCC(C)C.OCc1cn(Cc2ccc3ccccc3n2)cn1. The van der Waals surface area contributed by atoms with Crippen LogP contribution in [0.2, 0.25) is 0 Å². The molecule has 51 heavy (non-hydrogen) atoms. The van der Waals surface area contributed by atoms with Crippen LogP contribution in [0.25, 0.3) is 21.8 Å². The van der Waals surface area contributed by atoms with E-state index in [4.69, 9.17) is 19.6 Å². The Morgan fingerprint density at radius 2 is 1.29 bits per heavy atom. The van der Waals surface area contributed by atoms with E-state index in [1.807, 2.05) is 115 Å². The predicted molar refractivity (Wildman–Crippen MR) is 197 cm³/mol. The summed E-state index contributed by atoms with van der Waals surface area (Å²) >= 11 is 0. The molecule has 0 aliphatic heterocycles. The average molecular weight is 683 g/mol. The Kier molecular flexibility index (Phi) is 11.6. The highest BCUT2D eigenvalue weighted by Gasteiger charge is 2.16. The Hall–Kier alpha value is -5.71. The van der Waals surface area contributed by atoms with Gasteiger partial charge in [-0.05, 0) is 48.2 Å². The summed E-state index contributed by atoms with van der Waals surface area (Å²) in [4.78, 5) is 30.4. The molecule has 0 amide bonds. The van der Waals surface area contributed by atoms with E-state index in [0.29, 0.717) is 44.2 Å². The van der Waals surface area contributed by atoms with Crippen molar-refractivity contribution in [1.29, 1.82) is 0 Å². The van der Waals surface area contributed by atoms with Crippen LogP contribution in [0.5, 0.6) is 0 Å². The number of pyridine rings is 2. The van der Waals surface area contributed by atoms with Crippen molar-refractivity contribution in [1.82, 2.24) is 29.1 Å². The van der Waals surface area contributed by atoms with Crippen molar-refractivity contribution in [2.45, 2.75) is 53.7 Å². The molecule has 0 unspecified atom stereocenters. The maximum atomic E-state index is 12.6. The molecule has 10 heteroatoms. The van der Waals surface area contributed by atoms with E-state index >= 15 is 0 Å². The van der Waals surface area contributed by atoms with Crippen LogP contribution in [0, 0.1) is 12.8 Å². The Balaban J connectivity index is 0.000000208. The van der Waals surface area contributed by atoms with Crippen LogP contribution in [0.3, 0.4) is 0 Å². The molecule has 7 rings (SSSR count). The largest absolute Gasteiger partial charge is 0.462 e. The first-order valence-electron chi connectivity index (χ1n) is 17.0. The van der Waals surface area contributed by atoms with Crippen molar-refractivity contribution >= 4 is 27.8 Å². The first-order valence-corrected chi connectivity index (χ1v) is 17.0. The molecule has 260 valence electrons. The highest BCUT2D eigenvalue weighted by atomic mass is 16.5. The number of aryl methyl sites for hydroxylation is 1. The van der Waals surface area contributed by atoms with Crippen molar-refractivity contribution in [3.63, 3.8) is 0 Å². The number of fused-ring (bicyclic) bond motifs is 2. The minimum atomic E-state index is -0.299. The van der Waals surface area contributed by atoms with E-state index in [1.54, 1.807) is 12.7 Å². The Morgan fingerprint density at radius 1 is 0.706 bits per heavy atom. The summed E-state index contributed by atoms with van der Waals surface area (Å²) in [6.07, 6.45) is 7.29. The molecule has 0 aliphatic rings. The third kappa shape index (κ3) is 9.50. The van der Waals surface area contributed by atoms with Gasteiger partial charge in [0, 0.05) is 23.2 Å². The van der Waals surface area contributed by atoms with Gasteiger partial charge in [-0.3, -0.25) is 9.97 Å². The summed E-state index contributed by atoms with van der Waals surface area (Å²) < 4.78 is 15.3. The van der Waals surface area contributed by atoms with Gasteiger partial charge in [0.25, 0.3) is 0 Å². The van der Waals surface area contributed by atoms with E-state index in [2.05, 4.69) is 33.2 Å². The van der Waals surface area contributed by atoms with E-state index in [9.17, 15) is 4.79 Å². The molecule has 10 nitrogen and oxygen atoms in total. The quantitative estimate of drug-likeness (QED) is 0.134. The van der Waals surface area contributed by atoms with Gasteiger partial charge in [-0.2, -0.15) is 0 Å². The minimum Gasteiger partial charge on any atom is -0.462 e. The fourth-order valence-electron chi connectivity index (χ4n) is 5.63. The van der Waals surface area contributed by atoms with E-state index < -0.39 is 0 Å². The Labute approximate surface area is 297 Å². The molecule has 0 spiro atoms. The predicted octanol–water partition coefficient (Wildman–Crippen LogP) is 7.29. The molecule has 0 fully saturated rings. The summed E-state index contributed by atoms with van der Waals surface area (Å²) in [5.74, 6) is -0.00912. The maximum Gasteiger partial charge on any atom is 0.338 e. The second-order valence-corrected chi connectivity index (χ2v) is 12.8. The number of aliphatic hydroxyl groups excluding tert-OH is 1. The molecule has 0 bridgehead atoms. The molecule has 0 aliphatic carbocycles. The molecule has 0 atom stereocenters. The molecule has 4 aromatic heterocycles. The summed E-state index contributed by atoms with van der Waals surface area (Å²) in [6, 6.07) is 30.1. The first kappa shape index (κ1) is 35.1. The van der Waals surface area contributed by atoms with Crippen molar-refractivity contribution in [3.05, 3.63) is 156 Å². The zero-order chi connectivity index (χ0) is 35.6. The number of esters is 1. The zero-order valence-electron chi connectivity index (χ0n) is 29.1. The van der Waals surface area contributed by atoms with Gasteiger partial charge < -0.3 is 23.7 Å². The molecule has 0 saturated heterocycles. The lowest BCUT2D eigenvalue weighted by atomic mass is 10.0. The number of para-hydroxylation sites is 2. The lowest BCUT2D eigenvalue weighted by Gasteiger charge is -2.13. The number of benzene rings is 3. The average Bonchev–Trinajstić information content (AvgIpc) is 3.80. The van der Waals surface area contributed by atoms with Gasteiger partial charge in [-0.25, -0.2) is 14.8 Å². The third-order valence-electron chi connectivity index (χ3n) is 8.16. The molecule has 0 radical (unpaired) electrons. The third-order valence-corrected chi connectivity index (χ3v) is 8.16. The second kappa shape index (κ2) is 16.8. The Morgan fingerprint density at radius 3 is 1.88 bits per heavy atom. The van der Waals surface area contributed by atoms with Crippen molar-refractivity contribution in [2.75, 3.05) is 6.61 Å². The molecule has 7 aromatic rings. The van der Waals surface area contributed by atoms with Crippen LogP contribution in [0.15, 0.2) is 116 Å². The number of rotatable bonds is 12.